The van der Waals surface area contributed by atoms with E-state index < -0.39 is 0 Å². The number of aryl methyl sites for hydroxylation is 1. The van der Waals surface area contributed by atoms with Gasteiger partial charge in [-0.1, -0.05) is 20.8 Å². The standard InChI is InChI=1S/C15H24N2O/c1-4-9-17-10-5-6-13(17)11-15(12(2)3)8-7-14(18)16-15/h5-6,10,12H,4,7-9,11H2,1-3H3,(H,16,18). The average Bonchev–Trinajstić information content (AvgIpc) is 2.89. The molecule has 1 unspecified atom stereocenters. The lowest BCUT2D eigenvalue weighted by Gasteiger charge is -2.34. The fourth-order valence-corrected chi connectivity index (χ4v) is 2.90. The molecule has 0 radical (unpaired) electrons. The zero-order valence-electron chi connectivity index (χ0n) is 11.7. The van der Waals surface area contributed by atoms with Crippen LogP contribution in [0.15, 0.2) is 18.3 Å². The molecule has 1 aliphatic heterocycles. The largest absolute Gasteiger partial charge is 0.351 e. The number of hydrogen-bond acceptors (Lipinski definition) is 1. The third-order valence-electron chi connectivity index (χ3n) is 4.18. The van der Waals surface area contributed by atoms with Crippen LogP contribution in [0.5, 0.6) is 0 Å². The maximum atomic E-state index is 11.6. The Bertz CT molecular complexity index is 422. The fourth-order valence-electron chi connectivity index (χ4n) is 2.90. The third kappa shape index (κ3) is 2.45. The van der Waals surface area contributed by atoms with Gasteiger partial charge in [0.2, 0.25) is 5.91 Å². The lowest BCUT2D eigenvalue weighted by molar-refractivity contribution is -0.120. The average molecular weight is 248 g/mol. The summed E-state index contributed by atoms with van der Waals surface area (Å²) in [6.45, 7) is 7.67. The van der Waals surface area contributed by atoms with E-state index >= 15 is 0 Å². The number of carbonyl (C=O) groups is 1. The van der Waals surface area contributed by atoms with Crippen molar-refractivity contribution in [1.82, 2.24) is 9.88 Å². The van der Waals surface area contributed by atoms with E-state index in [1.807, 2.05) is 0 Å². The first-order valence-corrected chi connectivity index (χ1v) is 7.02. The van der Waals surface area contributed by atoms with Gasteiger partial charge in [-0.15, -0.1) is 0 Å². The number of hydrogen-bond donors (Lipinski definition) is 1. The van der Waals surface area contributed by atoms with Gasteiger partial charge in [-0.05, 0) is 30.9 Å². The van der Waals surface area contributed by atoms with Crippen molar-refractivity contribution in [3.05, 3.63) is 24.0 Å². The lowest BCUT2D eigenvalue weighted by atomic mass is 9.81. The molecule has 1 atom stereocenters. The summed E-state index contributed by atoms with van der Waals surface area (Å²) in [7, 11) is 0. The molecule has 0 aromatic carbocycles. The van der Waals surface area contributed by atoms with E-state index in [4.69, 9.17) is 0 Å². The zero-order chi connectivity index (χ0) is 13.2. The molecule has 2 heterocycles. The Labute approximate surface area is 110 Å². The molecule has 0 aliphatic carbocycles. The molecule has 1 saturated heterocycles. The summed E-state index contributed by atoms with van der Waals surface area (Å²) in [5.74, 6) is 0.672. The van der Waals surface area contributed by atoms with Crippen molar-refractivity contribution in [2.75, 3.05) is 0 Å². The van der Waals surface area contributed by atoms with Gasteiger partial charge in [0.1, 0.15) is 0 Å². The van der Waals surface area contributed by atoms with E-state index in [9.17, 15) is 4.79 Å². The topological polar surface area (TPSA) is 34.0 Å². The summed E-state index contributed by atoms with van der Waals surface area (Å²) in [5.41, 5.74) is 1.30. The first-order valence-electron chi connectivity index (χ1n) is 7.02. The molecule has 100 valence electrons. The number of amides is 1. The Hall–Kier alpha value is -1.25. The summed E-state index contributed by atoms with van der Waals surface area (Å²) in [4.78, 5) is 11.6. The SMILES string of the molecule is CCCn1cccc1CC1(C(C)C)CCC(=O)N1. The minimum atomic E-state index is -0.0407. The van der Waals surface area contributed by atoms with Gasteiger partial charge in [0.25, 0.3) is 0 Å². The smallest absolute Gasteiger partial charge is 0.220 e. The predicted molar refractivity (Wildman–Crippen MR) is 73.4 cm³/mol. The molecule has 1 aromatic heterocycles. The first kappa shape index (κ1) is 13.2. The van der Waals surface area contributed by atoms with E-state index in [1.165, 1.54) is 5.69 Å². The Kier molecular flexibility index (Phi) is 3.79. The molecule has 1 fully saturated rings. The van der Waals surface area contributed by atoms with E-state index in [1.54, 1.807) is 0 Å². The van der Waals surface area contributed by atoms with Gasteiger partial charge in [-0.3, -0.25) is 4.79 Å². The van der Waals surface area contributed by atoms with E-state index in [0.29, 0.717) is 12.3 Å². The highest BCUT2D eigenvalue weighted by Gasteiger charge is 2.40. The van der Waals surface area contributed by atoms with Crippen LogP contribution in [-0.2, 0) is 17.8 Å². The van der Waals surface area contributed by atoms with Gasteiger partial charge >= 0.3 is 0 Å². The number of rotatable bonds is 5. The van der Waals surface area contributed by atoms with Crippen molar-refractivity contribution in [1.29, 1.82) is 0 Å². The van der Waals surface area contributed by atoms with Gasteiger partial charge in [0.15, 0.2) is 0 Å². The zero-order valence-corrected chi connectivity index (χ0v) is 11.7. The van der Waals surface area contributed by atoms with Gasteiger partial charge in [-0.2, -0.15) is 0 Å². The predicted octanol–water partition coefficient (Wildman–Crippen LogP) is 2.75. The van der Waals surface area contributed by atoms with Crippen LogP contribution in [0, 0.1) is 5.92 Å². The van der Waals surface area contributed by atoms with Crippen LogP contribution in [0.25, 0.3) is 0 Å². The van der Waals surface area contributed by atoms with Crippen LogP contribution in [0.3, 0.4) is 0 Å². The highest BCUT2D eigenvalue weighted by Crippen LogP contribution is 2.32. The van der Waals surface area contributed by atoms with E-state index in [2.05, 4.69) is 49.0 Å². The summed E-state index contributed by atoms with van der Waals surface area (Å²) >= 11 is 0. The summed E-state index contributed by atoms with van der Waals surface area (Å²) in [6, 6.07) is 4.29. The number of aromatic nitrogens is 1. The molecule has 0 spiro atoms. The van der Waals surface area contributed by atoms with Gasteiger partial charge in [-0.25, -0.2) is 0 Å². The Morgan fingerprint density at radius 1 is 1.50 bits per heavy atom. The van der Waals surface area contributed by atoms with E-state index in [-0.39, 0.29) is 11.4 Å². The van der Waals surface area contributed by atoms with Gasteiger partial charge in [0.05, 0.1) is 0 Å². The maximum Gasteiger partial charge on any atom is 0.220 e. The molecule has 3 heteroatoms. The van der Waals surface area contributed by atoms with Crippen molar-refractivity contribution in [2.24, 2.45) is 5.92 Å². The summed E-state index contributed by atoms with van der Waals surface area (Å²) in [6.07, 6.45) is 5.86. The molecule has 3 nitrogen and oxygen atoms in total. The van der Waals surface area contributed by atoms with E-state index in [0.717, 1.165) is 25.8 Å². The number of nitrogens with one attached hydrogen (secondary N) is 1. The molecule has 2 rings (SSSR count). The van der Waals surface area contributed by atoms with Crippen molar-refractivity contribution in [3.8, 4) is 0 Å². The normalized spacial score (nSPS) is 23.7. The molecular formula is C15H24N2O. The highest BCUT2D eigenvalue weighted by atomic mass is 16.2. The molecule has 1 aromatic rings. The van der Waals surface area contributed by atoms with Crippen LogP contribution >= 0.6 is 0 Å². The number of nitrogens with zero attached hydrogens (tertiary/aromatic N) is 1. The molecule has 1 N–H and O–H groups in total. The summed E-state index contributed by atoms with van der Waals surface area (Å²) in [5, 5.41) is 3.22. The second kappa shape index (κ2) is 5.17. The van der Waals surface area contributed by atoms with Crippen molar-refractivity contribution in [2.45, 2.75) is 58.5 Å². The molecule has 0 bridgehead atoms. The minimum absolute atomic E-state index is 0.0407. The lowest BCUT2D eigenvalue weighted by Crippen LogP contribution is -2.48. The van der Waals surface area contributed by atoms with Crippen LogP contribution in [-0.4, -0.2) is 16.0 Å². The van der Waals surface area contributed by atoms with Crippen LogP contribution in [0.4, 0.5) is 0 Å². The fraction of sp³-hybridized carbons (Fsp3) is 0.667. The Morgan fingerprint density at radius 3 is 2.83 bits per heavy atom. The Morgan fingerprint density at radius 2 is 2.28 bits per heavy atom. The van der Waals surface area contributed by atoms with Crippen molar-refractivity contribution < 1.29 is 4.79 Å². The molecular weight excluding hydrogens is 224 g/mol. The molecule has 1 aliphatic rings. The minimum Gasteiger partial charge on any atom is -0.351 e. The van der Waals surface area contributed by atoms with Crippen molar-refractivity contribution in [3.63, 3.8) is 0 Å². The molecule has 1 amide bonds. The first-order chi connectivity index (χ1) is 8.57. The van der Waals surface area contributed by atoms with Gasteiger partial charge < -0.3 is 9.88 Å². The summed E-state index contributed by atoms with van der Waals surface area (Å²) < 4.78 is 2.31. The monoisotopic (exact) mass is 248 g/mol. The van der Waals surface area contributed by atoms with Gasteiger partial charge in [0, 0.05) is 36.8 Å². The van der Waals surface area contributed by atoms with Crippen LogP contribution in [0.2, 0.25) is 0 Å². The third-order valence-corrected chi connectivity index (χ3v) is 4.18. The number of carbonyl (C=O) groups excluding carboxylic acids is 1. The Balaban J connectivity index is 2.19. The maximum absolute atomic E-state index is 11.6. The highest BCUT2D eigenvalue weighted by molar-refractivity contribution is 5.79. The second-order valence-electron chi connectivity index (χ2n) is 5.73. The molecule has 18 heavy (non-hydrogen) atoms. The van der Waals surface area contributed by atoms with Crippen LogP contribution in [0.1, 0.15) is 45.7 Å². The van der Waals surface area contributed by atoms with Crippen molar-refractivity contribution >= 4 is 5.91 Å². The van der Waals surface area contributed by atoms with Crippen LogP contribution < -0.4 is 5.32 Å². The quantitative estimate of drug-likeness (QED) is 0.854. The second-order valence-corrected chi connectivity index (χ2v) is 5.73. The molecule has 0 saturated carbocycles.